The Morgan fingerprint density at radius 2 is 1.50 bits per heavy atom. The molecule has 1 unspecified atom stereocenters. The fourth-order valence-electron chi connectivity index (χ4n) is 2.06. The maximum absolute atomic E-state index is 6.25. The van der Waals surface area contributed by atoms with Gasteiger partial charge in [-0.1, -0.05) is 39.3 Å². The Hall–Kier alpha value is 0.210. The number of rotatable bonds is 6. The van der Waals surface area contributed by atoms with E-state index in [0.29, 0.717) is 18.4 Å². The van der Waals surface area contributed by atoms with Gasteiger partial charge in [-0.15, -0.1) is 0 Å². The van der Waals surface area contributed by atoms with Gasteiger partial charge in [0, 0.05) is 19.6 Å². The average molecular weight is 223 g/mol. The Morgan fingerprint density at radius 1 is 1.07 bits per heavy atom. The Labute approximate surface area is 92.9 Å². The van der Waals surface area contributed by atoms with Gasteiger partial charge in [0.05, 0.1) is 6.61 Å². The first-order valence-electron chi connectivity index (χ1n) is 5.09. The second kappa shape index (κ2) is 5.94. The van der Waals surface area contributed by atoms with Crippen LogP contribution in [0.4, 0.5) is 0 Å². The average Bonchev–Trinajstić information content (AvgIpc) is 2.11. The summed E-state index contributed by atoms with van der Waals surface area (Å²) in [5.74, 6) is 0.842. The zero-order valence-corrected chi connectivity index (χ0v) is 10.9. The molecule has 86 valence electrons. The first-order chi connectivity index (χ1) is 6.43. The molecule has 0 amide bonds. The van der Waals surface area contributed by atoms with Crippen molar-refractivity contribution in [2.24, 2.45) is 17.3 Å². The Morgan fingerprint density at radius 3 is 1.71 bits per heavy atom. The van der Waals surface area contributed by atoms with Gasteiger partial charge in [0.1, 0.15) is 5.56 Å². The molecule has 0 radical (unpaired) electrons. The summed E-state index contributed by atoms with van der Waals surface area (Å²) in [6.07, 6.45) is 0. The van der Waals surface area contributed by atoms with E-state index in [1.165, 1.54) is 0 Å². The summed E-state index contributed by atoms with van der Waals surface area (Å²) in [7, 11) is 3.35. The molecule has 0 rings (SSSR count). The number of hydrogen-bond donors (Lipinski definition) is 0. The van der Waals surface area contributed by atoms with Crippen molar-refractivity contribution in [3.05, 3.63) is 0 Å². The first kappa shape index (κ1) is 14.2. The number of methoxy groups -OCH3 is 2. The molecule has 0 fully saturated rings. The Kier molecular flexibility index (Phi) is 6.03. The molecule has 0 saturated heterocycles. The summed E-state index contributed by atoms with van der Waals surface area (Å²) < 4.78 is 10.6. The van der Waals surface area contributed by atoms with E-state index in [1.807, 2.05) is 0 Å². The van der Waals surface area contributed by atoms with Crippen LogP contribution in [-0.2, 0) is 9.47 Å². The fourth-order valence-corrected chi connectivity index (χ4v) is 2.63. The highest BCUT2D eigenvalue weighted by Gasteiger charge is 2.44. The van der Waals surface area contributed by atoms with E-state index in [0.717, 1.165) is 0 Å². The molecule has 0 heterocycles. The van der Waals surface area contributed by atoms with E-state index in [2.05, 4.69) is 27.7 Å². The Balaban J connectivity index is 4.93. The summed E-state index contributed by atoms with van der Waals surface area (Å²) >= 11 is 6.25. The van der Waals surface area contributed by atoms with Gasteiger partial charge < -0.3 is 9.47 Å². The van der Waals surface area contributed by atoms with Crippen LogP contribution in [0.3, 0.4) is 0 Å². The van der Waals surface area contributed by atoms with Crippen molar-refractivity contribution in [2.45, 2.75) is 33.3 Å². The highest BCUT2D eigenvalue weighted by molar-refractivity contribution is 6.20. The van der Waals surface area contributed by atoms with Crippen molar-refractivity contribution in [1.82, 2.24) is 0 Å². The molecule has 1 atom stereocenters. The molecule has 0 N–H and O–H groups in total. The summed E-state index contributed by atoms with van der Waals surface area (Å²) in [4.78, 5) is 0. The monoisotopic (exact) mass is 222 g/mol. The number of hydrogen-bond acceptors (Lipinski definition) is 2. The SMILES string of the molecule is COCC(C(C)C)(C(C)C)C(Cl)OC. The van der Waals surface area contributed by atoms with Gasteiger partial charge in [0.25, 0.3) is 0 Å². The fraction of sp³-hybridized carbons (Fsp3) is 1.00. The summed E-state index contributed by atoms with van der Waals surface area (Å²) in [6.45, 7) is 9.27. The second-order valence-corrected chi connectivity index (χ2v) is 4.80. The molecule has 0 spiro atoms. The predicted molar refractivity (Wildman–Crippen MR) is 60.6 cm³/mol. The maximum Gasteiger partial charge on any atom is 0.139 e. The number of ether oxygens (including phenoxy) is 2. The van der Waals surface area contributed by atoms with E-state index in [-0.39, 0.29) is 11.0 Å². The molecule has 0 aliphatic heterocycles. The lowest BCUT2D eigenvalue weighted by Crippen LogP contribution is -2.46. The van der Waals surface area contributed by atoms with Crippen LogP contribution < -0.4 is 0 Å². The lowest BCUT2D eigenvalue weighted by atomic mass is 9.70. The maximum atomic E-state index is 6.25. The summed E-state index contributed by atoms with van der Waals surface area (Å²) in [5, 5.41) is 0. The quantitative estimate of drug-likeness (QED) is 0.643. The minimum Gasteiger partial charge on any atom is -0.384 e. The van der Waals surface area contributed by atoms with Gasteiger partial charge in [-0.25, -0.2) is 0 Å². The van der Waals surface area contributed by atoms with Crippen LogP contribution in [0.25, 0.3) is 0 Å². The molecular formula is C11H23ClO2. The molecule has 2 nitrogen and oxygen atoms in total. The minimum absolute atomic E-state index is 0.120. The molecule has 3 heteroatoms. The lowest BCUT2D eigenvalue weighted by Gasteiger charge is -2.43. The molecule has 0 aliphatic rings. The van der Waals surface area contributed by atoms with Crippen LogP contribution >= 0.6 is 11.6 Å². The van der Waals surface area contributed by atoms with E-state index in [4.69, 9.17) is 21.1 Å². The van der Waals surface area contributed by atoms with Crippen LogP contribution in [0.2, 0.25) is 0 Å². The predicted octanol–water partition coefficient (Wildman–Crippen LogP) is 3.14. The zero-order chi connectivity index (χ0) is 11.4. The van der Waals surface area contributed by atoms with Crippen molar-refractivity contribution in [3.63, 3.8) is 0 Å². The molecule has 0 aliphatic carbocycles. The van der Waals surface area contributed by atoms with E-state index < -0.39 is 0 Å². The van der Waals surface area contributed by atoms with Crippen molar-refractivity contribution in [1.29, 1.82) is 0 Å². The highest BCUT2D eigenvalue weighted by atomic mass is 35.5. The normalized spacial score (nSPS) is 15.2. The third-order valence-corrected chi connectivity index (χ3v) is 3.76. The van der Waals surface area contributed by atoms with Gasteiger partial charge >= 0.3 is 0 Å². The van der Waals surface area contributed by atoms with E-state index >= 15 is 0 Å². The third-order valence-electron chi connectivity index (χ3n) is 3.17. The van der Waals surface area contributed by atoms with Crippen molar-refractivity contribution >= 4 is 11.6 Å². The standard InChI is InChI=1S/C11H23ClO2/c1-8(2)11(7-13-5,9(3)4)10(12)14-6/h8-10H,7H2,1-6H3. The highest BCUT2D eigenvalue weighted by Crippen LogP contribution is 2.42. The molecule has 14 heavy (non-hydrogen) atoms. The van der Waals surface area contributed by atoms with Gasteiger partial charge in [-0.2, -0.15) is 0 Å². The molecule has 0 saturated carbocycles. The van der Waals surface area contributed by atoms with Crippen LogP contribution in [0.5, 0.6) is 0 Å². The van der Waals surface area contributed by atoms with Crippen LogP contribution in [0, 0.1) is 17.3 Å². The van der Waals surface area contributed by atoms with E-state index in [1.54, 1.807) is 14.2 Å². The molecule has 0 aromatic rings. The molecule has 0 bridgehead atoms. The minimum atomic E-state index is -0.303. The largest absolute Gasteiger partial charge is 0.384 e. The Bertz CT molecular complexity index is 149. The smallest absolute Gasteiger partial charge is 0.139 e. The zero-order valence-electron chi connectivity index (χ0n) is 10.1. The van der Waals surface area contributed by atoms with E-state index in [9.17, 15) is 0 Å². The van der Waals surface area contributed by atoms with Crippen molar-refractivity contribution < 1.29 is 9.47 Å². The van der Waals surface area contributed by atoms with Gasteiger partial charge in [-0.05, 0) is 11.8 Å². The van der Waals surface area contributed by atoms with Crippen molar-refractivity contribution in [2.75, 3.05) is 20.8 Å². The topological polar surface area (TPSA) is 18.5 Å². The first-order valence-corrected chi connectivity index (χ1v) is 5.52. The van der Waals surface area contributed by atoms with Gasteiger partial charge in [-0.3, -0.25) is 0 Å². The third kappa shape index (κ3) is 2.62. The molecular weight excluding hydrogens is 200 g/mol. The van der Waals surface area contributed by atoms with Gasteiger partial charge in [0.2, 0.25) is 0 Å². The molecule has 0 aromatic heterocycles. The van der Waals surface area contributed by atoms with Crippen LogP contribution in [0.15, 0.2) is 0 Å². The number of alkyl halides is 1. The molecule has 0 aromatic carbocycles. The second-order valence-electron chi connectivity index (χ2n) is 4.41. The van der Waals surface area contributed by atoms with Crippen molar-refractivity contribution in [3.8, 4) is 0 Å². The van der Waals surface area contributed by atoms with Crippen LogP contribution in [-0.4, -0.2) is 26.4 Å². The van der Waals surface area contributed by atoms with Gasteiger partial charge in [0.15, 0.2) is 0 Å². The summed E-state index contributed by atoms with van der Waals surface area (Å²) in [6, 6.07) is 0. The number of halogens is 1. The lowest BCUT2D eigenvalue weighted by molar-refractivity contribution is -0.0719. The van der Waals surface area contributed by atoms with Crippen LogP contribution in [0.1, 0.15) is 27.7 Å². The summed E-state index contributed by atoms with van der Waals surface area (Å²) in [5.41, 5.74) is -0.423.